The van der Waals surface area contributed by atoms with Gasteiger partial charge in [0.2, 0.25) is 5.91 Å². The van der Waals surface area contributed by atoms with Crippen LogP contribution in [-0.4, -0.2) is 15.5 Å². The van der Waals surface area contributed by atoms with E-state index in [-0.39, 0.29) is 18.0 Å². The van der Waals surface area contributed by atoms with Crippen molar-refractivity contribution in [2.24, 2.45) is 0 Å². The van der Waals surface area contributed by atoms with E-state index >= 15 is 0 Å². The number of nitrogens with one attached hydrogen (secondary N) is 1. The number of carbonyl (C=O) groups excluding carboxylic acids is 1. The number of amides is 1. The normalized spacial score (nSPS) is 11.0. The number of aryl methyl sites for hydroxylation is 2. The van der Waals surface area contributed by atoms with Crippen LogP contribution in [0.4, 0.5) is 0 Å². The molecule has 120 valence electrons. The molecule has 23 heavy (non-hydrogen) atoms. The minimum atomic E-state index is -0.188. The van der Waals surface area contributed by atoms with Crippen molar-refractivity contribution in [1.29, 1.82) is 0 Å². The molecular formula is C16H17N3O2S2. The van der Waals surface area contributed by atoms with Gasteiger partial charge in [0.15, 0.2) is 0 Å². The summed E-state index contributed by atoms with van der Waals surface area (Å²) >= 11 is 3.14. The summed E-state index contributed by atoms with van der Waals surface area (Å²) in [6, 6.07) is 3.90. The minimum absolute atomic E-state index is 0.0104. The molecule has 7 heteroatoms. The molecule has 5 nitrogen and oxygen atoms in total. The van der Waals surface area contributed by atoms with E-state index in [2.05, 4.69) is 10.3 Å². The molecule has 0 fully saturated rings. The maximum absolute atomic E-state index is 12.4. The summed E-state index contributed by atoms with van der Waals surface area (Å²) in [7, 11) is 0. The van der Waals surface area contributed by atoms with E-state index in [1.807, 2.05) is 31.4 Å². The Bertz CT molecular complexity index is 908. The van der Waals surface area contributed by atoms with Crippen molar-refractivity contribution in [3.05, 3.63) is 49.5 Å². The molecular weight excluding hydrogens is 330 g/mol. The number of thiophene rings is 2. The third kappa shape index (κ3) is 3.35. The molecule has 3 rings (SSSR count). The highest BCUT2D eigenvalue weighted by Crippen LogP contribution is 2.21. The Hall–Kier alpha value is -1.99. The smallest absolute Gasteiger partial charge is 0.262 e. The lowest BCUT2D eigenvalue weighted by atomic mass is 10.3. The van der Waals surface area contributed by atoms with Gasteiger partial charge in [-0.2, -0.15) is 0 Å². The first-order valence-corrected chi connectivity index (χ1v) is 9.05. The molecule has 3 aromatic rings. The predicted octanol–water partition coefficient (Wildman–Crippen LogP) is 2.71. The van der Waals surface area contributed by atoms with Gasteiger partial charge in [-0.05, 0) is 36.4 Å². The van der Waals surface area contributed by atoms with Crippen LogP contribution >= 0.6 is 22.7 Å². The minimum Gasteiger partial charge on any atom is -0.350 e. The van der Waals surface area contributed by atoms with Crippen molar-refractivity contribution >= 4 is 38.8 Å². The molecule has 0 atom stereocenters. The first-order chi connectivity index (χ1) is 11.1. The highest BCUT2D eigenvalue weighted by atomic mass is 32.1. The average Bonchev–Trinajstić information content (AvgIpc) is 3.14. The summed E-state index contributed by atoms with van der Waals surface area (Å²) in [5, 5.41) is 5.45. The van der Waals surface area contributed by atoms with Crippen LogP contribution < -0.4 is 10.9 Å². The zero-order valence-corrected chi connectivity index (χ0v) is 14.6. The molecule has 0 aliphatic carbocycles. The zero-order chi connectivity index (χ0) is 16.4. The maximum atomic E-state index is 12.4. The number of fused-ring (bicyclic) bond motifs is 1. The summed E-state index contributed by atoms with van der Waals surface area (Å²) in [4.78, 5) is 31.8. The van der Waals surface area contributed by atoms with Gasteiger partial charge in [0.1, 0.15) is 11.4 Å². The van der Waals surface area contributed by atoms with E-state index in [9.17, 15) is 9.59 Å². The van der Waals surface area contributed by atoms with Gasteiger partial charge in [0.05, 0.1) is 18.3 Å². The van der Waals surface area contributed by atoms with Gasteiger partial charge in [-0.15, -0.1) is 22.7 Å². The quantitative estimate of drug-likeness (QED) is 0.772. The lowest BCUT2D eigenvalue weighted by Gasteiger charge is -2.07. The number of aromatic nitrogens is 2. The van der Waals surface area contributed by atoms with Crippen molar-refractivity contribution < 1.29 is 4.79 Å². The fraction of sp³-hybridized carbons (Fsp3) is 0.312. The van der Waals surface area contributed by atoms with Crippen LogP contribution in [0.1, 0.15) is 22.2 Å². The molecule has 0 saturated heterocycles. The highest BCUT2D eigenvalue weighted by molar-refractivity contribution is 7.18. The lowest BCUT2D eigenvalue weighted by Crippen LogP contribution is -2.31. The number of hydrogen-bond acceptors (Lipinski definition) is 5. The van der Waals surface area contributed by atoms with Crippen LogP contribution in [0.15, 0.2) is 28.6 Å². The van der Waals surface area contributed by atoms with E-state index < -0.39 is 0 Å². The molecule has 1 N–H and O–H groups in total. The van der Waals surface area contributed by atoms with Crippen LogP contribution in [0.5, 0.6) is 0 Å². The first kappa shape index (κ1) is 15.9. The predicted molar refractivity (Wildman–Crippen MR) is 94.2 cm³/mol. The second-order valence-electron chi connectivity index (χ2n) is 5.27. The first-order valence-electron chi connectivity index (χ1n) is 7.36. The van der Waals surface area contributed by atoms with Gasteiger partial charge in [-0.1, -0.05) is 6.92 Å². The van der Waals surface area contributed by atoms with Crippen LogP contribution in [0.3, 0.4) is 0 Å². The van der Waals surface area contributed by atoms with E-state index in [4.69, 9.17) is 0 Å². The topological polar surface area (TPSA) is 64.0 Å². The third-order valence-electron chi connectivity index (χ3n) is 3.65. The summed E-state index contributed by atoms with van der Waals surface area (Å²) < 4.78 is 1.37. The van der Waals surface area contributed by atoms with Gasteiger partial charge >= 0.3 is 0 Å². The van der Waals surface area contributed by atoms with Gasteiger partial charge in [0.25, 0.3) is 5.56 Å². The fourth-order valence-electron chi connectivity index (χ4n) is 2.27. The van der Waals surface area contributed by atoms with Gasteiger partial charge in [-0.25, -0.2) is 4.98 Å². The molecule has 0 aromatic carbocycles. The second kappa shape index (κ2) is 6.64. The summed E-state index contributed by atoms with van der Waals surface area (Å²) in [6.45, 7) is 4.54. The Labute approximate surface area is 141 Å². The van der Waals surface area contributed by atoms with Gasteiger partial charge < -0.3 is 5.32 Å². The lowest BCUT2D eigenvalue weighted by molar-refractivity contribution is -0.121. The maximum Gasteiger partial charge on any atom is 0.262 e. The molecule has 0 radical (unpaired) electrons. The van der Waals surface area contributed by atoms with Crippen LogP contribution in [0, 0.1) is 6.92 Å². The van der Waals surface area contributed by atoms with Crippen molar-refractivity contribution in [3.63, 3.8) is 0 Å². The molecule has 3 heterocycles. The SMILES string of the molecule is CCc1cc2c(=O)n(CC(=O)NCc3sccc3C)cnc2s1. The number of rotatable bonds is 5. The largest absolute Gasteiger partial charge is 0.350 e. The van der Waals surface area contributed by atoms with Gasteiger partial charge in [-0.3, -0.25) is 14.2 Å². The monoisotopic (exact) mass is 347 g/mol. The molecule has 0 aliphatic rings. The number of carbonyl (C=O) groups is 1. The molecule has 0 spiro atoms. The zero-order valence-electron chi connectivity index (χ0n) is 13.0. The Morgan fingerprint density at radius 2 is 2.26 bits per heavy atom. The third-order valence-corrected chi connectivity index (χ3v) is 5.86. The Kier molecular flexibility index (Phi) is 4.58. The standard InChI is InChI=1S/C16H17N3O2S2/c1-3-11-6-12-15(23-11)18-9-19(16(12)21)8-14(20)17-7-13-10(2)4-5-22-13/h4-6,9H,3,7-8H2,1-2H3,(H,17,20). The summed E-state index contributed by atoms with van der Waals surface area (Å²) in [5.74, 6) is -0.188. The van der Waals surface area contributed by atoms with E-state index in [1.165, 1.54) is 27.8 Å². The van der Waals surface area contributed by atoms with Crippen LogP contribution in [0.25, 0.3) is 10.2 Å². The van der Waals surface area contributed by atoms with Crippen LogP contribution in [-0.2, 0) is 24.3 Å². The molecule has 3 aromatic heterocycles. The van der Waals surface area contributed by atoms with Crippen LogP contribution in [0.2, 0.25) is 0 Å². The Morgan fingerprint density at radius 3 is 2.96 bits per heavy atom. The molecule has 1 amide bonds. The molecule has 0 bridgehead atoms. The number of hydrogen-bond donors (Lipinski definition) is 1. The highest BCUT2D eigenvalue weighted by Gasteiger charge is 2.11. The summed E-state index contributed by atoms with van der Waals surface area (Å²) in [6.07, 6.45) is 2.33. The molecule has 0 unspecified atom stereocenters. The van der Waals surface area contributed by atoms with Crippen molar-refractivity contribution in [3.8, 4) is 0 Å². The van der Waals surface area contributed by atoms with Crippen molar-refractivity contribution in [2.75, 3.05) is 0 Å². The van der Waals surface area contributed by atoms with E-state index in [1.54, 1.807) is 11.3 Å². The second-order valence-corrected chi connectivity index (χ2v) is 7.38. The molecule has 0 aliphatic heterocycles. The average molecular weight is 347 g/mol. The van der Waals surface area contributed by atoms with Gasteiger partial charge in [0, 0.05) is 9.75 Å². The van der Waals surface area contributed by atoms with Crippen molar-refractivity contribution in [2.45, 2.75) is 33.4 Å². The van der Waals surface area contributed by atoms with Crippen molar-refractivity contribution in [1.82, 2.24) is 14.9 Å². The van der Waals surface area contributed by atoms with E-state index in [0.717, 1.165) is 21.0 Å². The molecule has 0 saturated carbocycles. The van der Waals surface area contributed by atoms with E-state index in [0.29, 0.717) is 11.9 Å². The number of nitrogens with zero attached hydrogens (tertiary/aromatic N) is 2. The Balaban J connectivity index is 1.73. The summed E-state index contributed by atoms with van der Waals surface area (Å²) in [5.41, 5.74) is 1.01. The fourth-order valence-corrected chi connectivity index (χ4v) is 4.04. The Morgan fingerprint density at radius 1 is 1.43 bits per heavy atom.